The number of hydrogen-bond acceptors (Lipinski definition) is 4. The topological polar surface area (TPSA) is 71.6 Å². The van der Waals surface area contributed by atoms with Crippen LogP contribution in [0.4, 0.5) is 0 Å². The van der Waals surface area contributed by atoms with Gasteiger partial charge in [0.05, 0.1) is 19.6 Å². The van der Waals surface area contributed by atoms with Gasteiger partial charge in [-0.05, 0) is 17.7 Å². The number of amidine groups is 1. The Morgan fingerprint density at radius 3 is 2.74 bits per heavy atom. The lowest BCUT2D eigenvalue weighted by Gasteiger charge is -2.22. The third kappa shape index (κ3) is 6.22. The first-order valence-corrected chi connectivity index (χ1v) is 6.33. The standard InChI is InChI=1S/C14H23N3O2/c1-18-9-8-17(7-6-14(15)16)11-12-4-3-5-13(10-12)19-2/h3-5,10H,6-9,11H2,1-2H3,(H3,15,16). The second-order valence-electron chi connectivity index (χ2n) is 4.40. The Morgan fingerprint density at radius 2 is 2.11 bits per heavy atom. The van der Waals surface area contributed by atoms with Crippen LogP contribution in [0.3, 0.4) is 0 Å². The highest BCUT2D eigenvalue weighted by Gasteiger charge is 2.07. The van der Waals surface area contributed by atoms with Crippen LogP contribution < -0.4 is 10.5 Å². The summed E-state index contributed by atoms with van der Waals surface area (Å²) < 4.78 is 10.3. The molecule has 0 amide bonds. The molecular weight excluding hydrogens is 242 g/mol. The molecule has 106 valence electrons. The van der Waals surface area contributed by atoms with Gasteiger partial charge in [-0.1, -0.05) is 12.1 Å². The lowest BCUT2D eigenvalue weighted by Crippen LogP contribution is -2.30. The zero-order valence-corrected chi connectivity index (χ0v) is 11.7. The van der Waals surface area contributed by atoms with Crippen LogP contribution in [0.15, 0.2) is 24.3 Å². The first-order chi connectivity index (χ1) is 9.15. The number of rotatable bonds is 9. The van der Waals surface area contributed by atoms with E-state index in [0.29, 0.717) is 13.0 Å². The van der Waals surface area contributed by atoms with Gasteiger partial charge in [-0.25, -0.2) is 0 Å². The Labute approximate surface area is 114 Å². The Hall–Kier alpha value is -1.59. The van der Waals surface area contributed by atoms with Crippen LogP contribution >= 0.6 is 0 Å². The number of ether oxygens (including phenoxy) is 2. The minimum absolute atomic E-state index is 0.216. The largest absolute Gasteiger partial charge is 0.497 e. The number of methoxy groups -OCH3 is 2. The second-order valence-corrected chi connectivity index (χ2v) is 4.40. The Balaban J connectivity index is 2.60. The number of nitrogens with zero attached hydrogens (tertiary/aromatic N) is 1. The van der Waals surface area contributed by atoms with E-state index in [0.717, 1.165) is 25.4 Å². The molecule has 0 aromatic heterocycles. The zero-order valence-electron chi connectivity index (χ0n) is 11.7. The molecule has 0 aliphatic heterocycles. The Morgan fingerprint density at radius 1 is 1.32 bits per heavy atom. The molecule has 1 aromatic rings. The zero-order chi connectivity index (χ0) is 14.1. The summed E-state index contributed by atoms with van der Waals surface area (Å²) in [6.45, 7) is 3.05. The Bertz CT molecular complexity index is 396. The van der Waals surface area contributed by atoms with Gasteiger partial charge in [0.1, 0.15) is 5.75 Å². The van der Waals surface area contributed by atoms with Crippen LogP contribution in [0.25, 0.3) is 0 Å². The lowest BCUT2D eigenvalue weighted by atomic mass is 10.2. The molecule has 0 saturated carbocycles. The fourth-order valence-corrected chi connectivity index (χ4v) is 1.80. The molecule has 0 unspecified atom stereocenters. The highest BCUT2D eigenvalue weighted by molar-refractivity contribution is 5.76. The molecule has 5 heteroatoms. The number of nitrogens with one attached hydrogen (secondary N) is 1. The number of hydrogen-bond donors (Lipinski definition) is 2. The van der Waals surface area contributed by atoms with E-state index < -0.39 is 0 Å². The predicted molar refractivity (Wildman–Crippen MR) is 76.7 cm³/mol. The SMILES string of the molecule is COCCN(CCC(=N)N)Cc1cccc(OC)c1. The van der Waals surface area contributed by atoms with E-state index in [1.165, 1.54) is 5.56 Å². The average molecular weight is 265 g/mol. The summed E-state index contributed by atoms with van der Waals surface area (Å²) in [4.78, 5) is 2.22. The summed E-state index contributed by atoms with van der Waals surface area (Å²) >= 11 is 0. The van der Waals surface area contributed by atoms with E-state index in [1.807, 2.05) is 18.2 Å². The molecule has 1 aromatic carbocycles. The summed E-state index contributed by atoms with van der Waals surface area (Å²) in [6, 6.07) is 8.00. The molecule has 0 fully saturated rings. The van der Waals surface area contributed by atoms with Gasteiger partial charge < -0.3 is 15.2 Å². The minimum Gasteiger partial charge on any atom is -0.497 e. The quantitative estimate of drug-likeness (QED) is 0.524. The van der Waals surface area contributed by atoms with E-state index in [4.69, 9.17) is 20.6 Å². The van der Waals surface area contributed by atoms with Gasteiger partial charge in [0, 0.05) is 33.2 Å². The number of nitrogens with two attached hydrogens (primary N) is 1. The third-order valence-electron chi connectivity index (χ3n) is 2.85. The van der Waals surface area contributed by atoms with E-state index in [-0.39, 0.29) is 5.84 Å². The van der Waals surface area contributed by atoms with Crippen molar-refractivity contribution >= 4 is 5.84 Å². The van der Waals surface area contributed by atoms with Crippen molar-refractivity contribution in [3.8, 4) is 5.75 Å². The van der Waals surface area contributed by atoms with Gasteiger partial charge in [-0.15, -0.1) is 0 Å². The molecule has 0 heterocycles. The van der Waals surface area contributed by atoms with Crippen molar-refractivity contribution in [2.75, 3.05) is 33.9 Å². The second kappa shape index (κ2) is 8.50. The van der Waals surface area contributed by atoms with Crippen molar-refractivity contribution in [1.29, 1.82) is 5.41 Å². The van der Waals surface area contributed by atoms with E-state index in [9.17, 15) is 0 Å². The average Bonchev–Trinajstić information content (AvgIpc) is 2.42. The molecule has 0 aliphatic carbocycles. The fraction of sp³-hybridized carbons (Fsp3) is 0.500. The van der Waals surface area contributed by atoms with E-state index in [1.54, 1.807) is 14.2 Å². The van der Waals surface area contributed by atoms with Crippen molar-refractivity contribution in [2.45, 2.75) is 13.0 Å². The summed E-state index contributed by atoms with van der Waals surface area (Å²) in [6.07, 6.45) is 0.577. The van der Waals surface area contributed by atoms with Crippen molar-refractivity contribution in [3.63, 3.8) is 0 Å². The van der Waals surface area contributed by atoms with Crippen molar-refractivity contribution in [1.82, 2.24) is 4.90 Å². The van der Waals surface area contributed by atoms with Crippen LogP contribution in [0, 0.1) is 5.41 Å². The summed E-state index contributed by atoms with van der Waals surface area (Å²) in [5, 5.41) is 7.31. The van der Waals surface area contributed by atoms with E-state index in [2.05, 4.69) is 11.0 Å². The predicted octanol–water partition coefficient (Wildman–Crippen LogP) is 1.47. The van der Waals surface area contributed by atoms with Crippen LogP contribution in [0.2, 0.25) is 0 Å². The molecule has 19 heavy (non-hydrogen) atoms. The maximum atomic E-state index is 7.31. The van der Waals surface area contributed by atoms with Crippen molar-refractivity contribution in [3.05, 3.63) is 29.8 Å². The molecule has 0 saturated heterocycles. The normalized spacial score (nSPS) is 10.7. The van der Waals surface area contributed by atoms with Crippen LogP contribution in [0.1, 0.15) is 12.0 Å². The van der Waals surface area contributed by atoms with Gasteiger partial charge in [0.25, 0.3) is 0 Å². The molecule has 0 aliphatic rings. The van der Waals surface area contributed by atoms with Crippen LogP contribution in [-0.2, 0) is 11.3 Å². The van der Waals surface area contributed by atoms with Gasteiger partial charge in [-0.3, -0.25) is 10.3 Å². The summed E-state index contributed by atoms with van der Waals surface area (Å²) in [5.41, 5.74) is 6.59. The fourth-order valence-electron chi connectivity index (χ4n) is 1.80. The van der Waals surface area contributed by atoms with Gasteiger partial charge in [0.15, 0.2) is 0 Å². The molecule has 0 radical (unpaired) electrons. The van der Waals surface area contributed by atoms with Crippen LogP contribution in [0.5, 0.6) is 5.75 Å². The van der Waals surface area contributed by atoms with Crippen LogP contribution in [-0.4, -0.2) is 44.7 Å². The maximum Gasteiger partial charge on any atom is 0.119 e. The molecule has 0 bridgehead atoms. The molecule has 3 N–H and O–H groups in total. The molecule has 0 spiro atoms. The van der Waals surface area contributed by atoms with Crippen molar-refractivity contribution < 1.29 is 9.47 Å². The molecule has 5 nitrogen and oxygen atoms in total. The monoisotopic (exact) mass is 265 g/mol. The highest BCUT2D eigenvalue weighted by atomic mass is 16.5. The van der Waals surface area contributed by atoms with Gasteiger partial charge in [0.2, 0.25) is 0 Å². The van der Waals surface area contributed by atoms with Gasteiger partial charge in [-0.2, -0.15) is 0 Å². The Kier molecular flexibility index (Phi) is 6.92. The highest BCUT2D eigenvalue weighted by Crippen LogP contribution is 2.14. The maximum absolute atomic E-state index is 7.31. The van der Waals surface area contributed by atoms with Crippen molar-refractivity contribution in [2.24, 2.45) is 5.73 Å². The smallest absolute Gasteiger partial charge is 0.119 e. The number of benzene rings is 1. The first-order valence-electron chi connectivity index (χ1n) is 6.33. The third-order valence-corrected chi connectivity index (χ3v) is 2.85. The minimum atomic E-state index is 0.216. The van der Waals surface area contributed by atoms with E-state index >= 15 is 0 Å². The molecule has 1 rings (SSSR count). The summed E-state index contributed by atoms with van der Waals surface area (Å²) in [7, 11) is 3.35. The molecule has 0 atom stereocenters. The van der Waals surface area contributed by atoms with Gasteiger partial charge >= 0.3 is 0 Å². The lowest BCUT2D eigenvalue weighted by molar-refractivity contribution is 0.145. The molecular formula is C14H23N3O2. The first kappa shape index (κ1) is 15.5. The summed E-state index contributed by atoms with van der Waals surface area (Å²) in [5.74, 6) is 1.07.